The second-order valence-electron chi connectivity index (χ2n) is 2.34. The third-order valence-electron chi connectivity index (χ3n) is 1.26. The molecule has 2 nitrogen and oxygen atoms in total. The molecule has 0 atom stereocenters. The Hall–Kier alpha value is 0.170. The summed E-state index contributed by atoms with van der Waals surface area (Å²) in [6, 6.07) is 0. The lowest BCUT2D eigenvalue weighted by atomic mass is 10.4. The number of hydrogen-bond donors (Lipinski definition) is 1. The van der Waals surface area contributed by atoms with Crippen LogP contribution in [0.3, 0.4) is 0 Å². The van der Waals surface area contributed by atoms with E-state index in [-0.39, 0.29) is 11.7 Å². The normalized spacial score (nSPS) is 9.83. The zero-order valence-corrected chi connectivity index (χ0v) is 9.13. The van der Waals surface area contributed by atoms with Crippen LogP contribution in [0.2, 0.25) is 0 Å². The summed E-state index contributed by atoms with van der Waals surface area (Å²) >= 11 is 5.62. The second-order valence-corrected chi connectivity index (χ2v) is 3.89. The largest absolute Gasteiger partial charge is 0.464 e. The Morgan fingerprint density at radius 1 is 1.50 bits per heavy atom. The summed E-state index contributed by atoms with van der Waals surface area (Å²) in [5, 5.41) is 0. The fourth-order valence-corrected chi connectivity index (χ4v) is 1.60. The Morgan fingerprint density at radius 3 is 2.83 bits per heavy atom. The Balaban J connectivity index is 2.95. The Morgan fingerprint density at radius 2 is 2.25 bits per heavy atom. The van der Waals surface area contributed by atoms with Gasteiger partial charge in [0.2, 0.25) is 0 Å². The highest BCUT2D eigenvalue weighted by Crippen LogP contribution is 2.03. The zero-order chi connectivity index (χ0) is 9.23. The van der Waals surface area contributed by atoms with E-state index in [0.29, 0.717) is 6.61 Å². The monoisotopic (exact) mass is 208 g/mol. The van der Waals surface area contributed by atoms with Crippen molar-refractivity contribution in [3.63, 3.8) is 0 Å². The maximum atomic E-state index is 10.6. The number of thioether (sulfide) groups is 1. The van der Waals surface area contributed by atoms with Gasteiger partial charge >= 0.3 is 5.97 Å². The van der Waals surface area contributed by atoms with Crippen LogP contribution >= 0.6 is 24.4 Å². The Kier molecular flexibility index (Phi) is 9.39. The highest BCUT2D eigenvalue weighted by Gasteiger charge is 1.97. The highest BCUT2D eigenvalue weighted by molar-refractivity contribution is 7.99. The summed E-state index contributed by atoms with van der Waals surface area (Å²) in [6.45, 7) is 2.69. The van der Waals surface area contributed by atoms with Crippen molar-refractivity contribution in [2.75, 3.05) is 23.9 Å². The second kappa shape index (κ2) is 9.26. The first-order valence-electron chi connectivity index (χ1n) is 4.15. The van der Waals surface area contributed by atoms with E-state index in [0.717, 1.165) is 11.5 Å². The molecule has 0 amide bonds. The number of carbonyl (C=O) groups is 1. The van der Waals surface area contributed by atoms with Crippen LogP contribution < -0.4 is 0 Å². The smallest absolute Gasteiger partial charge is 0.315 e. The van der Waals surface area contributed by atoms with Gasteiger partial charge in [-0.1, -0.05) is 13.3 Å². The van der Waals surface area contributed by atoms with Gasteiger partial charge in [0.25, 0.3) is 0 Å². The molecule has 0 aliphatic carbocycles. The minimum Gasteiger partial charge on any atom is -0.464 e. The van der Waals surface area contributed by atoms with Crippen molar-refractivity contribution in [1.82, 2.24) is 0 Å². The molecule has 0 aromatic carbocycles. The fraction of sp³-hybridized carbons (Fsp3) is 0.875. The fourth-order valence-electron chi connectivity index (χ4n) is 0.609. The topological polar surface area (TPSA) is 26.3 Å². The van der Waals surface area contributed by atoms with Crippen LogP contribution in [-0.4, -0.2) is 29.8 Å². The molecule has 4 heteroatoms. The molecule has 0 aliphatic heterocycles. The van der Waals surface area contributed by atoms with E-state index >= 15 is 0 Å². The van der Waals surface area contributed by atoms with Crippen molar-refractivity contribution in [2.24, 2.45) is 0 Å². The first kappa shape index (κ1) is 12.2. The summed E-state index contributed by atoms with van der Waals surface area (Å²) in [5.41, 5.74) is 0. The van der Waals surface area contributed by atoms with Gasteiger partial charge in [-0.15, -0.1) is 0 Å². The molecule has 0 heterocycles. The number of hydrogen-bond acceptors (Lipinski definition) is 4. The van der Waals surface area contributed by atoms with Crippen molar-refractivity contribution < 1.29 is 9.53 Å². The van der Waals surface area contributed by atoms with Gasteiger partial charge in [0.1, 0.15) is 6.61 Å². The Labute approximate surface area is 83.8 Å². The summed E-state index contributed by atoms with van der Waals surface area (Å²) in [4.78, 5) is 10.6. The summed E-state index contributed by atoms with van der Waals surface area (Å²) in [6.07, 6.45) is 2.47. The van der Waals surface area contributed by atoms with E-state index in [9.17, 15) is 4.79 Å². The van der Waals surface area contributed by atoms with E-state index in [1.807, 2.05) is 11.8 Å². The molecule has 0 unspecified atom stereocenters. The van der Waals surface area contributed by atoms with E-state index in [1.165, 1.54) is 12.8 Å². The molecular weight excluding hydrogens is 192 g/mol. The van der Waals surface area contributed by atoms with Gasteiger partial charge in [-0.2, -0.15) is 24.4 Å². The molecule has 12 heavy (non-hydrogen) atoms. The maximum absolute atomic E-state index is 10.6. The third-order valence-corrected chi connectivity index (χ3v) is 2.55. The number of rotatable bonds is 7. The molecular formula is C8H16O2S2. The van der Waals surface area contributed by atoms with Crippen LogP contribution in [-0.2, 0) is 9.53 Å². The summed E-state index contributed by atoms with van der Waals surface area (Å²) < 4.78 is 4.84. The lowest BCUT2D eigenvalue weighted by Crippen LogP contribution is -2.08. The van der Waals surface area contributed by atoms with Crippen LogP contribution in [0.4, 0.5) is 0 Å². The lowest BCUT2D eigenvalue weighted by Gasteiger charge is -2.01. The number of ether oxygens (including phenoxy) is 1. The first-order valence-corrected chi connectivity index (χ1v) is 5.94. The zero-order valence-electron chi connectivity index (χ0n) is 7.41. The molecule has 0 bridgehead atoms. The van der Waals surface area contributed by atoms with E-state index < -0.39 is 0 Å². The average Bonchev–Trinajstić information content (AvgIpc) is 2.10. The average molecular weight is 208 g/mol. The first-order chi connectivity index (χ1) is 5.81. The molecule has 0 spiro atoms. The lowest BCUT2D eigenvalue weighted by molar-refractivity contribution is -0.139. The summed E-state index contributed by atoms with van der Waals surface area (Å²) in [7, 11) is 0. The predicted molar refractivity (Wildman–Crippen MR) is 57.0 cm³/mol. The van der Waals surface area contributed by atoms with Gasteiger partial charge < -0.3 is 4.74 Å². The predicted octanol–water partition coefficient (Wildman–Crippen LogP) is 1.99. The van der Waals surface area contributed by atoms with Crippen molar-refractivity contribution in [3.05, 3.63) is 0 Å². The quantitative estimate of drug-likeness (QED) is 0.394. The molecule has 0 fully saturated rings. The number of unbranched alkanes of at least 4 members (excludes halogenated alkanes) is 1. The highest BCUT2D eigenvalue weighted by atomic mass is 32.2. The van der Waals surface area contributed by atoms with Gasteiger partial charge in [-0.05, 0) is 12.2 Å². The summed E-state index contributed by atoms with van der Waals surface area (Å²) in [5.74, 6) is 2.02. The SMILES string of the molecule is CCCCSCCOC(=O)CS. The number of carbonyl (C=O) groups excluding carboxylic acids is 1. The van der Waals surface area contributed by atoms with Crippen LogP contribution in [0.5, 0.6) is 0 Å². The van der Waals surface area contributed by atoms with Gasteiger partial charge in [0.05, 0.1) is 5.75 Å². The van der Waals surface area contributed by atoms with Crippen LogP contribution in [0.1, 0.15) is 19.8 Å². The molecule has 0 rings (SSSR count). The van der Waals surface area contributed by atoms with Gasteiger partial charge in [-0.25, -0.2) is 0 Å². The maximum Gasteiger partial charge on any atom is 0.315 e. The number of thiol groups is 1. The minimum atomic E-state index is -0.227. The van der Waals surface area contributed by atoms with Gasteiger partial charge in [-0.3, -0.25) is 4.79 Å². The third kappa shape index (κ3) is 8.27. The van der Waals surface area contributed by atoms with Gasteiger partial charge in [0.15, 0.2) is 0 Å². The standard InChI is InChI=1S/C8H16O2S2/c1-2-3-5-12-6-4-10-8(9)7-11/h11H,2-7H2,1H3. The molecule has 0 aromatic rings. The number of esters is 1. The van der Waals surface area contributed by atoms with Crippen LogP contribution in [0, 0.1) is 0 Å². The van der Waals surface area contributed by atoms with Crippen molar-refractivity contribution >= 4 is 30.4 Å². The van der Waals surface area contributed by atoms with Gasteiger partial charge in [0, 0.05) is 5.75 Å². The molecule has 0 aliphatic rings. The van der Waals surface area contributed by atoms with Crippen molar-refractivity contribution in [3.8, 4) is 0 Å². The molecule has 72 valence electrons. The van der Waals surface area contributed by atoms with E-state index in [4.69, 9.17) is 4.74 Å². The molecule has 0 saturated carbocycles. The van der Waals surface area contributed by atoms with E-state index in [1.54, 1.807) is 0 Å². The molecule has 0 N–H and O–H groups in total. The molecule has 0 saturated heterocycles. The van der Waals surface area contributed by atoms with Crippen LogP contribution in [0.15, 0.2) is 0 Å². The van der Waals surface area contributed by atoms with Crippen LogP contribution in [0.25, 0.3) is 0 Å². The van der Waals surface area contributed by atoms with Crippen molar-refractivity contribution in [2.45, 2.75) is 19.8 Å². The Bertz CT molecular complexity index is 118. The molecule has 0 aromatic heterocycles. The van der Waals surface area contributed by atoms with Crippen molar-refractivity contribution in [1.29, 1.82) is 0 Å². The molecule has 0 radical (unpaired) electrons. The minimum absolute atomic E-state index is 0.180. The van der Waals surface area contributed by atoms with E-state index in [2.05, 4.69) is 19.6 Å².